The normalized spacial score (nSPS) is 23.5. The van der Waals surface area contributed by atoms with Crippen molar-refractivity contribution in [1.29, 1.82) is 0 Å². The molecule has 0 spiro atoms. The zero-order valence-corrected chi connectivity index (χ0v) is 18.9. The molecule has 0 unspecified atom stereocenters. The Morgan fingerprint density at radius 1 is 1.24 bits per heavy atom. The third-order valence-corrected chi connectivity index (χ3v) is 7.19. The Bertz CT molecular complexity index is 1050. The van der Waals surface area contributed by atoms with Crippen LogP contribution < -0.4 is 10.2 Å². The molecule has 2 N–H and O–H groups in total. The van der Waals surface area contributed by atoms with E-state index in [2.05, 4.69) is 10.3 Å². The molecule has 176 valence electrons. The van der Waals surface area contributed by atoms with Crippen molar-refractivity contribution in [3.63, 3.8) is 0 Å². The summed E-state index contributed by atoms with van der Waals surface area (Å²) in [5.41, 5.74) is -0.844. The molecular weight excluding hydrogens is 454 g/mol. The zero-order valence-electron chi connectivity index (χ0n) is 18.1. The van der Waals surface area contributed by atoms with Gasteiger partial charge < -0.3 is 15.3 Å². The number of aromatic nitrogens is 1. The van der Waals surface area contributed by atoms with Crippen LogP contribution >= 0.6 is 11.6 Å². The Hall–Kier alpha value is -2.78. The number of likely N-dealkylation sites (N-methyl/N-ethyl adjacent to an activating group) is 1. The summed E-state index contributed by atoms with van der Waals surface area (Å²) in [7, 11) is 1.39. The lowest BCUT2D eigenvalue weighted by atomic mass is 9.72. The van der Waals surface area contributed by atoms with Gasteiger partial charge in [0.15, 0.2) is 5.78 Å². The van der Waals surface area contributed by atoms with Crippen molar-refractivity contribution in [2.75, 3.05) is 38.1 Å². The first-order chi connectivity index (χ1) is 15.7. The van der Waals surface area contributed by atoms with Gasteiger partial charge in [-0.3, -0.25) is 9.69 Å². The monoisotopic (exact) mass is 478 g/mol. The molecule has 0 bridgehead atoms. The lowest BCUT2D eigenvalue weighted by Crippen LogP contribution is -2.61. The van der Waals surface area contributed by atoms with Crippen molar-refractivity contribution in [3.05, 3.63) is 58.7 Å². The number of nitrogens with one attached hydrogen (secondary N) is 1. The number of hydrogen-bond donors (Lipinski definition) is 2. The van der Waals surface area contributed by atoms with Crippen LogP contribution in [0.1, 0.15) is 24.3 Å². The number of hydrogen-bond acceptors (Lipinski definition) is 5. The molecule has 33 heavy (non-hydrogen) atoms. The highest BCUT2D eigenvalue weighted by molar-refractivity contribution is 6.30. The summed E-state index contributed by atoms with van der Waals surface area (Å²) in [6.07, 6.45) is 0.951. The number of rotatable bonds is 5. The number of carboxylic acid groups (broad SMARTS) is 1. The maximum Gasteiger partial charge on any atom is 0.407 e. The van der Waals surface area contributed by atoms with Crippen LogP contribution in [0.4, 0.5) is 19.4 Å². The predicted octanol–water partition coefficient (Wildman–Crippen LogP) is 3.53. The fourth-order valence-corrected chi connectivity index (χ4v) is 5.17. The van der Waals surface area contributed by atoms with Gasteiger partial charge in [-0.25, -0.2) is 18.6 Å². The van der Waals surface area contributed by atoms with E-state index >= 15 is 0 Å². The van der Waals surface area contributed by atoms with E-state index in [1.54, 1.807) is 12.1 Å². The maximum atomic E-state index is 14.2. The standard InChI is InChI=1S/C23H25ClF2N4O3/c1-29(22(32)33)23(13-27-12-17(23)15-2-4-18(24)19(26)10-15)21(31)14-6-8-30(9-7-14)20-5-3-16(25)11-28-20/h2-5,10-11,14,17,27H,6-9,12-13H2,1H3,(H,32,33)/t17-,23+/m0/s1. The van der Waals surface area contributed by atoms with Crippen LogP contribution in [0.2, 0.25) is 5.02 Å². The van der Waals surface area contributed by atoms with Crippen LogP contribution in [-0.4, -0.2) is 65.6 Å². The lowest BCUT2D eigenvalue weighted by molar-refractivity contribution is -0.134. The smallest absolute Gasteiger partial charge is 0.407 e. The molecule has 4 rings (SSSR count). The van der Waals surface area contributed by atoms with Crippen LogP contribution in [0.5, 0.6) is 0 Å². The van der Waals surface area contributed by atoms with E-state index in [1.807, 2.05) is 4.90 Å². The maximum absolute atomic E-state index is 14.2. The summed E-state index contributed by atoms with van der Waals surface area (Å²) < 4.78 is 27.4. The van der Waals surface area contributed by atoms with Gasteiger partial charge in [0.1, 0.15) is 23.0 Å². The number of benzene rings is 1. The van der Waals surface area contributed by atoms with E-state index in [1.165, 1.54) is 25.2 Å². The third-order valence-electron chi connectivity index (χ3n) is 6.88. The van der Waals surface area contributed by atoms with Gasteiger partial charge in [0.05, 0.1) is 11.2 Å². The van der Waals surface area contributed by atoms with Gasteiger partial charge in [0.25, 0.3) is 0 Å². The second kappa shape index (κ2) is 9.23. The van der Waals surface area contributed by atoms with Gasteiger partial charge in [0, 0.05) is 45.1 Å². The highest BCUT2D eigenvalue weighted by atomic mass is 35.5. The third kappa shape index (κ3) is 4.27. The average Bonchev–Trinajstić information content (AvgIpc) is 3.26. The first-order valence-electron chi connectivity index (χ1n) is 10.8. The van der Waals surface area contributed by atoms with Gasteiger partial charge in [-0.2, -0.15) is 0 Å². The molecule has 2 fully saturated rings. The van der Waals surface area contributed by atoms with E-state index in [9.17, 15) is 23.5 Å². The van der Waals surface area contributed by atoms with Crippen molar-refractivity contribution in [2.24, 2.45) is 5.92 Å². The summed E-state index contributed by atoms with van der Waals surface area (Å²) >= 11 is 5.84. The van der Waals surface area contributed by atoms with Crippen molar-refractivity contribution in [1.82, 2.24) is 15.2 Å². The Morgan fingerprint density at radius 3 is 2.58 bits per heavy atom. The van der Waals surface area contributed by atoms with Crippen LogP contribution in [-0.2, 0) is 4.79 Å². The molecule has 2 aromatic rings. The Morgan fingerprint density at radius 2 is 1.97 bits per heavy atom. The number of pyridine rings is 1. The molecule has 7 nitrogen and oxygen atoms in total. The van der Waals surface area contributed by atoms with Gasteiger partial charge in [-0.1, -0.05) is 17.7 Å². The Labute approximate surface area is 195 Å². The number of carbonyl (C=O) groups excluding carboxylic acids is 1. The van der Waals surface area contributed by atoms with Crippen LogP contribution in [0.25, 0.3) is 0 Å². The molecular formula is C23H25ClF2N4O3. The highest BCUT2D eigenvalue weighted by Gasteiger charge is 2.56. The highest BCUT2D eigenvalue weighted by Crippen LogP contribution is 2.41. The quantitative estimate of drug-likeness (QED) is 0.683. The van der Waals surface area contributed by atoms with Gasteiger partial charge in [-0.15, -0.1) is 0 Å². The Kier molecular flexibility index (Phi) is 6.54. The second-order valence-corrected chi connectivity index (χ2v) is 8.99. The number of ketones is 1. The van der Waals surface area contributed by atoms with E-state index in [0.717, 1.165) is 11.1 Å². The molecule has 2 aliphatic heterocycles. The summed E-state index contributed by atoms with van der Waals surface area (Å²) in [6, 6.07) is 7.29. The van der Waals surface area contributed by atoms with Crippen molar-refractivity contribution < 1.29 is 23.5 Å². The molecule has 1 aromatic heterocycles. The van der Waals surface area contributed by atoms with Crippen molar-refractivity contribution in [3.8, 4) is 0 Å². The van der Waals surface area contributed by atoms with Gasteiger partial charge in [-0.05, 0) is 42.7 Å². The molecule has 2 aliphatic rings. The average molecular weight is 479 g/mol. The first-order valence-corrected chi connectivity index (χ1v) is 11.1. The molecule has 3 heterocycles. The van der Waals surface area contributed by atoms with Gasteiger partial charge in [0.2, 0.25) is 0 Å². The second-order valence-electron chi connectivity index (χ2n) is 8.58. The number of amides is 1. The SMILES string of the molecule is CN(C(=O)O)[C@]1(C(=O)C2CCN(c3ccc(F)cn3)CC2)CNC[C@H]1c1ccc(Cl)c(F)c1. The molecule has 1 amide bonds. The summed E-state index contributed by atoms with van der Waals surface area (Å²) in [4.78, 5) is 33.1. The number of halogens is 3. The Balaban J connectivity index is 1.60. The summed E-state index contributed by atoms with van der Waals surface area (Å²) in [5.74, 6) is -1.50. The van der Waals surface area contributed by atoms with E-state index < -0.39 is 29.2 Å². The molecule has 1 aromatic carbocycles. The van der Waals surface area contributed by atoms with Crippen LogP contribution in [0.15, 0.2) is 36.5 Å². The summed E-state index contributed by atoms with van der Waals surface area (Å²) in [5, 5.41) is 13.0. The largest absolute Gasteiger partial charge is 0.465 e. The molecule has 0 radical (unpaired) electrons. The van der Waals surface area contributed by atoms with Crippen molar-refractivity contribution >= 4 is 29.3 Å². The lowest BCUT2D eigenvalue weighted by Gasteiger charge is -2.43. The summed E-state index contributed by atoms with van der Waals surface area (Å²) in [6.45, 7) is 1.55. The fourth-order valence-electron chi connectivity index (χ4n) is 5.05. The number of Topliss-reactive ketones (excluding diaryl/α,β-unsaturated/α-hetero) is 1. The minimum atomic E-state index is -1.37. The number of nitrogens with zero attached hydrogens (tertiary/aromatic N) is 3. The van der Waals surface area contributed by atoms with Crippen LogP contribution in [0.3, 0.4) is 0 Å². The van der Waals surface area contributed by atoms with E-state index in [0.29, 0.717) is 43.9 Å². The van der Waals surface area contributed by atoms with Crippen LogP contribution in [0, 0.1) is 17.6 Å². The number of carbonyl (C=O) groups is 2. The minimum absolute atomic E-state index is 0.0324. The van der Waals surface area contributed by atoms with Crippen molar-refractivity contribution in [2.45, 2.75) is 24.3 Å². The van der Waals surface area contributed by atoms with Gasteiger partial charge >= 0.3 is 6.09 Å². The number of piperidine rings is 1. The number of anilines is 1. The van der Waals surface area contributed by atoms with E-state index in [-0.39, 0.29) is 23.3 Å². The molecule has 10 heteroatoms. The molecule has 2 saturated heterocycles. The van der Waals surface area contributed by atoms with E-state index in [4.69, 9.17) is 11.6 Å². The molecule has 0 saturated carbocycles. The predicted molar refractivity (Wildman–Crippen MR) is 120 cm³/mol. The first kappa shape index (κ1) is 23.4. The fraction of sp³-hybridized carbons (Fsp3) is 0.435. The topological polar surface area (TPSA) is 85.8 Å². The minimum Gasteiger partial charge on any atom is -0.465 e. The molecule has 2 atom stereocenters. The zero-order chi connectivity index (χ0) is 23.8. The molecule has 0 aliphatic carbocycles.